The monoisotopic (exact) mass is 252 g/mol. The Kier molecular flexibility index (Phi) is 9.97. The molecule has 0 aliphatic heterocycles. The first-order chi connectivity index (χ1) is 8.65. The van der Waals surface area contributed by atoms with E-state index in [1.165, 1.54) is 19.3 Å². The highest BCUT2D eigenvalue weighted by atomic mass is 16.4. The lowest BCUT2D eigenvalue weighted by Gasteiger charge is -2.08. The van der Waals surface area contributed by atoms with Crippen LogP contribution in [0.4, 0.5) is 0 Å². The molecule has 0 bridgehead atoms. The maximum absolute atomic E-state index is 10.2. The van der Waals surface area contributed by atoms with Crippen molar-refractivity contribution in [1.29, 1.82) is 0 Å². The first kappa shape index (κ1) is 16.6. The summed E-state index contributed by atoms with van der Waals surface area (Å²) in [6, 6.07) is 8.30. The maximum Gasteiger partial charge on any atom is 0.335 e. The minimum atomic E-state index is -0.879. The molecular weight excluding hydrogens is 228 g/mol. The average Bonchev–Trinajstić information content (AvgIpc) is 2.42. The van der Waals surface area contributed by atoms with Crippen LogP contribution in [0, 0.1) is 5.92 Å². The third kappa shape index (κ3) is 7.85. The van der Waals surface area contributed by atoms with E-state index in [1.807, 2.05) is 0 Å². The van der Waals surface area contributed by atoms with Gasteiger partial charge in [-0.25, -0.2) is 4.79 Å². The van der Waals surface area contributed by atoms with Crippen LogP contribution in [0.2, 0.25) is 0 Å². The summed E-state index contributed by atoms with van der Waals surface area (Å²) >= 11 is 0. The van der Waals surface area contributed by atoms with Crippen LogP contribution in [0.15, 0.2) is 30.3 Å². The van der Waals surface area contributed by atoms with Crippen LogP contribution in [-0.2, 0) is 0 Å². The average molecular weight is 252 g/mol. The van der Waals surface area contributed by atoms with Crippen molar-refractivity contribution < 1.29 is 15.0 Å². The molecule has 0 amide bonds. The number of unbranched alkanes of at least 4 members (excludes halogenated alkanes) is 1. The van der Waals surface area contributed by atoms with Gasteiger partial charge in [-0.2, -0.15) is 0 Å². The second-order valence-electron chi connectivity index (χ2n) is 4.27. The van der Waals surface area contributed by atoms with Crippen molar-refractivity contribution in [2.75, 3.05) is 6.61 Å². The second kappa shape index (κ2) is 10.8. The van der Waals surface area contributed by atoms with Gasteiger partial charge in [-0.3, -0.25) is 0 Å². The zero-order valence-electron chi connectivity index (χ0n) is 11.3. The summed E-state index contributed by atoms with van der Waals surface area (Å²) in [7, 11) is 0. The number of benzene rings is 1. The first-order valence-electron chi connectivity index (χ1n) is 6.54. The number of carbonyl (C=O) groups is 1. The third-order valence-corrected chi connectivity index (χ3v) is 2.82. The Morgan fingerprint density at radius 1 is 1.22 bits per heavy atom. The van der Waals surface area contributed by atoms with E-state index < -0.39 is 5.97 Å². The lowest BCUT2D eigenvalue weighted by Crippen LogP contribution is -2.03. The van der Waals surface area contributed by atoms with E-state index in [0.717, 1.165) is 6.42 Å². The summed E-state index contributed by atoms with van der Waals surface area (Å²) in [6.45, 7) is 4.69. The molecule has 1 aromatic carbocycles. The van der Waals surface area contributed by atoms with E-state index in [9.17, 15) is 4.79 Å². The molecular formula is C15H24O3. The number of aliphatic hydroxyl groups excluding tert-OH is 1. The van der Waals surface area contributed by atoms with E-state index in [-0.39, 0.29) is 0 Å². The first-order valence-corrected chi connectivity index (χ1v) is 6.54. The second-order valence-corrected chi connectivity index (χ2v) is 4.27. The fourth-order valence-electron chi connectivity index (χ4n) is 1.50. The van der Waals surface area contributed by atoms with Gasteiger partial charge < -0.3 is 10.2 Å². The number of hydrogen-bond donors (Lipinski definition) is 2. The van der Waals surface area contributed by atoms with Gasteiger partial charge in [-0.05, 0) is 24.5 Å². The van der Waals surface area contributed by atoms with Crippen molar-refractivity contribution in [2.45, 2.75) is 39.5 Å². The standard InChI is InChI=1S/C8H18O.C7H6O2/c1-3-5-6-8(4-2)7-9;8-7(9)6-4-2-1-3-5-6/h8-9H,3-7H2,1-2H3;1-5H,(H,8,9). The quantitative estimate of drug-likeness (QED) is 0.813. The van der Waals surface area contributed by atoms with Gasteiger partial charge in [0.2, 0.25) is 0 Å². The topological polar surface area (TPSA) is 57.5 Å². The van der Waals surface area contributed by atoms with Gasteiger partial charge >= 0.3 is 5.97 Å². The minimum absolute atomic E-state index is 0.331. The molecule has 1 aromatic rings. The number of rotatable bonds is 6. The van der Waals surface area contributed by atoms with Crippen LogP contribution >= 0.6 is 0 Å². The smallest absolute Gasteiger partial charge is 0.335 e. The molecule has 1 unspecified atom stereocenters. The van der Waals surface area contributed by atoms with E-state index in [4.69, 9.17) is 10.2 Å². The Balaban J connectivity index is 0.000000321. The van der Waals surface area contributed by atoms with Crippen LogP contribution in [0.5, 0.6) is 0 Å². The molecule has 0 saturated carbocycles. The van der Waals surface area contributed by atoms with Crippen LogP contribution in [0.3, 0.4) is 0 Å². The highest BCUT2D eigenvalue weighted by Crippen LogP contribution is 2.10. The van der Waals surface area contributed by atoms with Crippen molar-refractivity contribution in [3.8, 4) is 0 Å². The Labute approximate surface area is 109 Å². The molecule has 102 valence electrons. The Bertz CT molecular complexity index is 305. The van der Waals surface area contributed by atoms with Gasteiger partial charge in [0.15, 0.2) is 0 Å². The van der Waals surface area contributed by atoms with Crippen molar-refractivity contribution in [2.24, 2.45) is 5.92 Å². The van der Waals surface area contributed by atoms with Gasteiger partial charge in [-0.15, -0.1) is 0 Å². The Morgan fingerprint density at radius 3 is 2.17 bits per heavy atom. The van der Waals surface area contributed by atoms with Crippen molar-refractivity contribution in [3.05, 3.63) is 35.9 Å². The predicted molar refractivity (Wildman–Crippen MR) is 73.8 cm³/mol. The summed E-state index contributed by atoms with van der Waals surface area (Å²) in [4.78, 5) is 10.2. The van der Waals surface area contributed by atoms with Crippen LogP contribution in [0.25, 0.3) is 0 Å². The van der Waals surface area contributed by atoms with Crippen molar-refractivity contribution >= 4 is 5.97 Å². The number of carboxylic acids is 1. The minimum Gasteiger partial charge on any atom is -0.478 e. The molecule has 1 atom stereocenters. The molecule has 0 saturated heterocycles. The van der Waals surface area contributed by atoms with Gasteiger partial charge in [-0.1, -0.05) is 51.3 Å². The molecule has 18 heavy (non-hydrogen) atoms. The fourth-order valence-corrected chi connectivity index (χ4v) is 1.50. The molecule has 3 heteroatoms. The molecule has 0 aliphatic carbocycles. The summed E-state index contributed by atoms with van der Waals surface area (Å²) in [5.74, 6) is -0.319. The van der Waals surface area contributed by atoms with Crippen molar-refractivity contribution in [3.63, 3.8) is 0 Å². The summed E-state index contributed by atoms with van der Waals surface area (Å²) in [6.07, 6.45) is 4.83. The summed E-state index contributed by atoms with van der Waals surface area (Å²) in [5, 5.41) is 17.1. The molecule has 3 nitrogen and oxygen atoms in total. The number of aliphatic hydroxyl groups is 1. The molecule has 0 heterocycles. The molecule has 1 rings (SSSR count). The number of hydrogen-bond acceptors (Lipinski definition) is 2. The SMILES string of the molecule is CCCCC(CC)CO.O=C(O)c1ccccc1. The van der Waals surface area contributed by atoms with E-state index in [2.05, 4.69) is 13.8 Å². The van der Waals surface area contributed by atoms with Crippen LogP contribution < -0.4 is 0 Å². The van der Waals surface area contributed by atoms with Gasteiger partial charge in [0.05, 0.1) is 5.56 Å². The van der Waals surface area contributed by atoms with Gasteiger partial charge in [0, 0.05) is 6.61 Å². The zero-order chi connectivity index (χ0) is 13.8. The predicted octanol–water partition coefficient (Wildman–Crippen LogP) is 3.58. The number of aromatic carboxylic acids is 1. The molecule has 0 radical (unpaired) electrons. The largest absolute Gasteiger partial charge is 0.478 e. The fraction of sp³-hybridized carbons (Fsp3) is 0.533. The van der Waals surface area contributed by atoms with Gasteiger partial charge in [0.25, 0.3) is 0 Å². The number of carboxylic acid groups (broad SMARTS) is 1. The lowest BCUT2D eigenvalue weighted by molar-refractivity contribution is 0.0697. The highest BCUT2D eigenvalue weighted by Gasteiger charge is 2.01. The normalized spacial score (nSPS) is 11.3. The lowest BCUT2D eigenvalue weighted by atomic mass is 10.0. The van der Waals surface area contributed by atoms with E-state index >= 15 is 0 Å². The highest BCUT2D eigenvalue weighted by molar-refractivity contribution is 5.87. The maximum atomic E-state index is 10.2. The molecule has 0 spiro atoms. The molecule has 0 fully saturated rings. The molecule has 0 aromatic heterocycles. The third-order valence-electron chi connectivity index (χ3n) is 2.82. The zero-order valence-corrected chi connectivity index (χ0v) is 11.3. The molecule has 2 N–H and O–H groups in total. The summed E-state index contributed by atoms with van der Waals surface area (Å²) in [5.41, 5.74) is 0.331. The van der Waals surface area contributed by atoms with Crippen LogP contribution in [-0.4, -0.2) is 22.8 Å². The van der Waals surface area contributed by atoms with Crippen molar-refractivity contribution in [1.82, 2.24) is 0 Å². The summed E-state index contributed by atoms with van der Waals surface area (Å²) < 4.78 is 0. The van der Waals surface area contributed by atoms with E-state index in [0.29, 0.717) is 18.1 Å². The Morgan fingerprint density at radius 2 is 1.83 bits per heavy atom. The van der Waals surface area contributed by atoms with E-state index in [1.54, 1.807) is 30.3 Å². The van der Waals surface area contributed by atoms with Gasteiger partial charge in [0.1, 0.15) is 0 Å². The molecule has 0 aliphatic rings. The van der Waals surface area contributed by atoms with Crippen LogP contribution in [0.1, 0.15) is 49.9 Å². The Hall–Kier alpha value is -1.35.